The average Bonchev–Trinajstić information content (AvgIpc) is 2.72. The van der Waals surface area contributed by atoms with Gasteiger partial charge >= 0.3 is 0 Å². The number of aryl methyl sites for hydroxylation is 1. The van der Waals surface area contributed by atoms with Crippen LogP contribution in [0, 0.1) is 23.7 Å². The first-order valence-electron chi connectivity index (χ1n) is 5.47. The molecule has 0 saturated carbocycles. The smallest absolute Gasteiger partial charge is 0.242 e. The predicted octanol–water partition coefficient (Wildman–Crippen LogP) is 1.01. The van der Waals surface area contributed by atoms with E-state index in [2.05, 4.69) is 21.3 Å². The summed E-state index contributed by atoms with van der Waals surface area (Å²) in [7, 11) is 1.65. The van der Waals surface area contributed by atoms with Crippen LogP contribution in [-0.4, -0.2) is 33.0 Å². The lowest BCUT2D eigenvalue weighted by molar-refractivity contribution is -0.137. The molecule has 17 heavy (non-hydrogen) atoms. The maximum atomic E-state index is 12.1. The van der Waals surface area contributed by atoms with Gasteiger partial charge in [-0.2, -0.15) is 10.4 Å². The first-order valence-corrected chi connectivity index (χ1v) is 5.47. The number of hydrogen-bond donors (Lipinski definition) is 1. The number of amides is 1. The van der Waals surface area contributed by atoms with E-state index in [9.17, 15) is 4.79 Å². The molecule has 0 aliphatic rings. The number of nitrogens with one attached hydrogen (secondary N) is 1. The Balaban J connectivity index is 2.74. The molecule has 0 aliphatic carbocycles. The molecule has 1 rings (SSSR count). The topological polar surface area (TPSA) is 85.7 Å². The Morgan fingerprint density at radius 1 is 1.65 bits per heavy atom. The molecule has 0 spiro atoms. The first-order chi connectivity index (χ1) is 7.92. The van der Waals surface area contributed by atoms with E-state index in [0.29, 0.717) is 24.6 Å². The van der Waals surface area contributed by atoms with E-state index in [0.717, 1.165) is 0 Å². The molecular weight excluding hydrogens is 218 g/mol. The van der Waals surface area contributed by atoms with Gasteiger partial charge in [0.1, 0.15) is 11.2 Å². The first kappa shape index (κ1) is 13.2. The number of H-pyrrole nitrogens is 1. The largest absolute Gasteiger partial charge is 0.337 e. The zero-order valence-electron chi connectivity index (χ0n) is 10.6. The minimum absolute atomic E-state index is 0.204. The van der Waals surface area contributed by atoms with Gasteiger partial charge < -0.3 is 4.90 Å². The number of carbonyl (C=O) groups excluding carboxylic acids is 1. The second-order valence-corrected chi connectivity index (χ2v) is 4.30. The van der Waals surface area contributed by atoms with Gasteiger partial charge in [0, 0.05) is 7.05 Å². The number of hydrogen-bond acceptors (Lipinski definition) is 4. The number of aromatic amines is 1. The van der Waals surface area contributed by atoms with Crippen LogP contribution in [-0.2, 0) is 11.3 Å². The van der Waals surface area contributed by atoms with Crippen molar-refractivity contribution in [2.24, 2.45) is 5.41 Å². The van der Waals surface area contributed by atoms with Crippen molar-refractivity contribution in [3.05, 3.63) is 11.6 Å². The van der Waals surface area contributed by atoms with Crippen molar-refractivity contribution >= 4 is 5.91 Å². The van der Waals surface area contributed by atoms with Crippen LogP contribution in [0.1, 0.15) is 31.9 Å². The summed E-state index contributed by atoms with van der Waals surface area (Å²) >= 11 is 0. The van der Waals surface area contributed by atoms with Gasteiger partial charge in [0.15, 0.2) is 5.82 Å². The van der Waals surface area contributed by atoms with Gasteiger partial charge in [-0.3, -0.25) is 9.89 Å². The maximum Gasteiger partial charge on any atom is 0.242 e. The fraction of sp³-hybridized carbons (Fsp3) is 0.636. The third-order valence-electron chi connectivity index (χ3n) is 2.79. The lowest BCUT2D eigenvalue weighted by atomic mass is 9.88. The van der Waals surface area contributed by atoms with Crippen LogP contribution >= 0.6 is 0 Å². The molecule has 1 aromatic rings. The second kappa shape index (κ2) is 4.95. The lowest BCUT2D eigenvalue weighted by Crippen LogP contribution is -2.38. The van der Waals surface area contributed by atoms with Crippen LogP contribution in [0.5, 0.6) is 0 Å². The fourth-order valence-electron chi connectivity index (χ4n) is 1.44. The quantitative estimate of drug-likeness (QED) is 0.843. The highest BCUT2D eigenvalue weighted by Gasteiger charge is 2.34. The summed E-state index contributed by atoms with van der Waals surface area (Å²) in [6, 6.07) is 2.06. The minimum atomic E-state index is -0.972. The molecule has 1 atom stereocenters. The molecule has 0 saturated heterocycles. The van der Waals surface area contributed by atoms with E-state index in [1.807, 2.05) is 6.92 Å². The molecule has 1 heterocycles. The van der Waals surface area contributed by atoms with Crippen LogP contribution in [0.15, 0.2) is 0 Å². The van der Waals surface area contributed by atoms with Gasteiger partial charge in [-0.05, 0) is 20.3 Å². The van der Waals surface area contributed by atoms with Crippen LogP contribution < -0.4 is 0 Å². The molecule has 0 aliphatic heterocycles. The minimum Gasteiger partial charge on any atom is -0.337 e. The summed E-state index contributed by atoms with van der Waals surface area (Å²) in [5, 5.41) is 15.7. The monoisotopic (exact) mass is 235 g/mol. The van der Waals surface area contributed by atoms with Crippen molar-refractivity contribution < 1.29 is 4.79 Å². The molecule has 92 valence electrons. The Kier molecular flexibility index (Phi) is 3.84. The van der Waals surface area contributed by atoms with E-state index in [1.165, 1.54) is 4.90 Å². The van der Waals surface area contributed by atoms with Gasteiger partial charge in [-0.25, -0.2) is 4.98 Å². The Hall–Kier alpha value is -1.90. The lowest BCUT2D eigenvalue weighted by Gasteiger charge is -2.25. The summed E-state index contributed by atoms with van der Waals surface area (Å²) in [6.07, 6.45) is 0.486. The van der Waals surface area contributed by atoms with E-state index in [1.54, 1.807) is 20.9 Å². The fourth-order valence-corrected chi connectivity index (χ4v) is 1.44. The Morgan fingerprint density at radius 3 is 2.71 bits per heavy atom. The van der Waals surface area contributed by atoms with Crippen molar-refractivity contribution in [1.29, 1.82) is 5.26 Å². The highest BCUT2D eigenvalue weighted by atomic mass is 16.2. The van der Waals surface area contributed by atoms with E-state index < -0.39 is 5.41 Å². The number of aromatic nitrogens is 3. The summed E-state index contributed by atoms with van der Waals surface area (Å²) in [4.78, 5) is 17.7. The van der Waals surface area contributed by atoms with Gasteiger partial charge in [0.05, 0.1) is 12.6 Å². The zero-order valence-corrected chi connectivity index (χ0v) is 10.6. The summed E-state index contributed by atoms with van der Waals surface area (Å²) in [6.45, 7) is 5.57. The van der Waals surface area contributed by atoms with Crippen molar-refractivity contribution in [2.45, 2.75) is 33.7 Å². The normalized spacial score (nSPS) is 13.8. The van der Waals surface area contributed by atoms with Gasteiger partial charge in [0.2, 0.25) is 5.91 Å². The van der Waals surface area contributed by atoms with Crippen molar-refractivity contribution in [3.8, 4) is 6.07 Å². The number of nitriles is 1. The van der Waals surface area contributed by atoms with Gasteiger partial charge in [-0.15, -0.1) is 0 Å². The molecule has 1 N–H and O–H groups in total. The van der Waals surface area contributed by atoms with Crippen molar-refractivity contribution in [3.63, 3.8) is 0 Å². The molecule has 1 aromatic heterocycles. The van der Waals surface area contributed by atoms with E-state index in [-0.39, 0.29) is 5.91 Å². The summed E-state index contributed by atoms with van der Waals surface area (Å²) in [5.74, 6) is 1.05. The van der Waals surface area contributed by atoms with Crippen molar-refractivity contribution in [1.82, 2.24) is 20.1 Å². The molecule has 6 nitrogen and oxygen atoms in total. The van der Waals surface area contributed by atoms with Gasteiger partial charge in [0.25, 0.3) is 0 Å². The molecule has 1 unspecified atom stereocenters. The Bertz CT molecular complexity index is 447. The molecule has 0 fully saturated rings. The Labute approximate surface area is 101 Å². The highest BCUT2D eigenvalue weighted by molar-refractivity contribution is 5.84. The van der Waals surface area contributed by atoms with Crippen LogP contribution in [0.4, 0.5) is 0 Å². The van der Waals surface area contributed by atoms with Crippen molar-refractivity contribution in [2.75, 3.05) is 7.05 Å². The third-order valence-corrected chi connectivity index (χ3v) is 2.79. The van der Waals surface area contributed by atoms with E-state index in [4.69, 9.17) is 5.26 Å². The third kappa shape index (κ3) is 2.81. The summed E-state index contributed by atoms with van der Waals surface area (Å²) in [5.41, 5.74) is -0.972. The standard InChI is InChI=1S/C11H17N5O/c1-5-11(3,7-12)10(17)16(4)6-9-13-8(2)14-15-9/h5-6H2,1-4H3,(H,13,14,15). The molecule has 0 bridgehead atoms. The van der Waals surface area contributed by atoms with Crippen LogP contribution in [0.25, 0.3) is 0 Å². The molecule has 1 amide bonds. The molecular formula is C11H17N5O. The number of rotatable bonds is 4. The molecule has 0 radical (unpaired) electrons. The summed E-state index contributed by atoms with van der Waals surface area (Å²) < 4.78 is 0. The highest BCUT2D eigenvalue weighted by Crippen LogP contribution is 2.22. The second-order valence-electron chi connectivity index (χ2n) is 4.30. The maximum absolute atomic E-state index is 12.1. The SMILES string of the molecule is CCC(C)(C#N)C(=O)N(C)Cc1n[nH]c(C)n1. The van der Waals surface area contributed by atoms with Crippen LogP contribution in [0.3, 0.4) is 0 Å². The molecule has 6 heteroatoms. The van der Waals surface area contributed by atoms with E-state index >= 15 is 0 Å². The molecule has 0 aromatic carbocycles. The predicted molar refractivity (Wildman–Crippen MR) is 61.6 cm³/mol. The number of carbonyl (C=O) groups is 1. The zero-order chi connectivity index (χ0) is 13.1. The number of nitrogens with zero attached hydrogens (tertiary/aromatic N) is 4. The van der Waals surface area contributed by atoms with Gasteiger partial charge in [-0.1, -0.05) is 6.92 Å². The average molecular weight is 235 g/mol. The Morgan fingerprint density at radius 2 is 2.29 bits per heavy atom. The van der Waals surface area contributed by atoms with Crippen LogP contribution in [0.2, 0.25) is 0 Å².